The molecule has 0 bridgehead atoms. The molecule has 1 aromatic carbocycles. The normalized spacial score (nSPS) is 17.0. The first kappa shape index (κ1) is 21.8. The van der Waals surface area contributed by atoms with Gasteiger partial charge in [0.1, 0.15) is 11.9 Å². The molecule has 32 heavy (non-hydrogen) atoms. The minimum atomic E-state index is -0.650. The van der Waals surface area contributed by atoms with Gasteiger partial charge >= 0.3 is 6.09 Å². The second kappa shape index (κ2) is 8.98. The van der Waals surface area contributed by atoms with Gasteiger partial charge in [-0.3, -0.25) is 4.79 Å². The van der Waals surface area contributed by atoms with Gasteiger partial charge in [0, 0.05) is 11.9 Å². The Kier molecular flexibility index (Phi) is 6.12. The summed E-state index contributed by atoms with van der Waals surface area (Å²) in [7, 11) is 1.29. The van der Waals surface area contributed by atoms with Crippen LogP contribution in [0, 0.1) is 12.8 Å². The number of H-pyrrole nitrogens is 1. The monoisotopic (exact) mass is 435 g/mol. The summed E-state index contributed by atoms with van der Waals surface area (Å²) in [6, 6.07) is 9.40. The number of aromatic nitrogens is 3. The Bertz CT molecular complexity index is 1140. The number of hydrogen-bond donors (Lipinski definition) is 2. The van der Waals surface area contributed by atoms with E-state index in [9.17, 15) is 9.59 Å². The molecule has 8 nitrogen and oxygen atoms in total. The van der Waals surface area contributed by atoms with Crippen LogP contribution in [-0.4, -0.2) is 51.5 Å². The van der Waals surface area contributed by atoms with Gasteiger partial charge in [-0.05, 0) is 43.9 Å². The number of nitrogens with zero attached hydrogens (tertiary/aromatic N) is 3. The van der Waals surface area contributed by atoms with Crippen LogP contribution in [0.5, 0.6) is 0 Å². The molecule has 3 aromatic rings. The van der Waals surface area contributed by atoms with Crippen molar-refractivity contribution in [1.82, 2.24) is 25.2 Å². The number of hydrogen-bond acceptors (Lipinski definition) is 5. The van der Waals surface area contributed by atoms with Crippen LogP contribution < -0.4 is 5.32 Å². The molecule has 8 heteroatoms. The molecule has 1 unspecified atom stereocenters. The average Bonchev–Trinajstić information content (AvgIpc) is 3.45. The van der Waals surface area contributed by atoms with Gasteiger partial charge in [-0.2, -0.15) is 0 Å². The van der Waals surface area contributed by atoms with Crippen molar-refractivity contribution in [3.05, 3.63) is 47.9 Å². The minimum absolute atomic E-state index is 0.0690. The van der Waals surface area contributed by atoms with E-state index < -0.39 is 12.1 Å². The van der Waals surface area contributed by atoms with Gasteiger partial charge in [-0.25, -0.2) is 14.8 Å². The molecular formula is C24H29N5O3. The summed E-state index contributed by atoms with van der Waals surface area (Å²) in [4.78, 5) is 39.5. The van der Waals surface area contributed by atoms with E-state index in [1.807, 2.05) is 32.0 Å². The smallest absolute Gasteiger partial charge is 0.407 e. The van der Waals surface area contributed by atoms with Gasteiger partial charge in [0.2, 0.25) is 5.91 Å². The van der Waals surface area contributed by atoms with E-state index in [-0.39, 0.29) is 17.9 Å². The number of fused-ring (bicyclic) bond motifs is 1. The lowest BCUT2D eigenvalue weighted by Gasteiger charge is -2.30. The second-order valence-electron chi connectivity index (χ2n) is 8.62. The zero-order chi connectivity index (χ0) is 22.8. The van der Waals surface area contributed by atoms with E-state index in [4.69, 9.17) is 9.72 Å². The highest BCUT2D eigenvalue weighted by molar-refractivity contribution is 5.86. The van der Waals surface area contributed by atoms with Crippen molar-refractivity contribution in [2.24, 2.45) is 5.92 Å². The summed E-state index contributed by atoms with van der Waals surface area (Å²) in [5.74, 6) is 0.544. The Morgan fingerprint density at radius 3 is 2.81 bits per heavy atom. The number of rotatable bonds is 5. The second-order valence-corrected chi connectivity index (χ2v) is 8.62. The number of benzene rings is 1. The maximum atomic E-state index is 13.3. The van der Waals surface area contributed by atoms with Crippen molar-refractivity contribution in [2.45, 2.75) is 45.7 Å². The first-order valence-electron chi connectivity index (χ1n) is 10.9. The summed E-state index contributed by atoms with van der Waals surface area (Å²) in [6.45, 7) is 6.50. The van der Waals surface area contributed by atoms with Crippen LogP contribution >= 0.6 is 0 Å². The van der Waals surface area contributed by atoms with Gasteiger partial charge in [-0.1, -0.05) is 31.5 Å². The fourth-order valence-corrected chi connectivity index (χ4v) is 4.22. The molecule has 1 fully saturated rings. The van der Waals surface area contributed by atoms with Crippen LogP contribution in [0.4, 0.5) is 4.79 Å². The van der Waals surface area contributed by atoms with Gasteiger partial charge in [-0.15, -0.1) is 0 Å². The molecule has 2 atom stereocenters. The van der Waals surface area contributed by atoms with E-state index in [1.165, 1.54) is 12.7 Å². The van der Waals surface area contributed by atoms with Crippen molar-refractivity contribution in [3.8, 4) is 11.4 Å². The molecule has 0 radical (unpaired) electrons. The molecule has 2 N–H and O–H groups in total. The SMILES string of the molecule is COC(=O)N[C@H](C(=O)N1CCCC1c1ncc(-c2ccc3cc(C)ccc3n2)[nH]1)C(C)C. The number of nitrogens with one attached hydrogen (secondary N) is 2. The summed E-state index contributed by atoms with van der Waals surface area (Å²) < 4.78 is 4.70. The number of pyridine rings is 1. The molecule has 0 saturated carbocycles. The number of carbonyl (C=O) groups is 2. The fraction of sp³-hybridized carbons (Fsp3) is 0.417. The lowest BCUT2D eigenvalue weighted by atomic mass is 10.0. The van der Waals surface area contributed by atoms with Gasteiger partial charge < -0.3 is 19.9 Å². The number of alkyl carbamates (subject to hydrolysis) is 1. The van der Waals surface area contributed by atoms with E-state index in [0.29, 0.717) is 6.54 Å². The standard InChI is InChI=1S/C24H29N5O3/c1-14(2)21(28-24(31)32-4)23(30)29-11-5-6-20(29)22-25-13-19(27-22)18-10-8-16-12-15(3)7-9-17(16)26-18/h7-10,12-14,20-21H,5-6,11H2,1-4H3,(H,25,27)(H,28,31)/t20?,21-/m0/s1. The molecular weight excluding hydrogens is 406 g/mol. The van der Waals surface area contributed by atoms with Crippen LogP contribution in [0.2, 0.25) is 0 Å². The van der Waals surface area contributed by atoms with Crippen LogP contribution in [0.1, 0.15) is 44.1 Å². The van der Waals surface area contributed by atoms with Crippen LogP contribution in [0.25, 0.3) is 22.3 Å². The highest BCUT2D eigenvalue weighted by atomic mass is 16.5. The third kappa shape index (κ3) is 4.30. The van der Waals surface area contributed by atoms with Crippen molar-refractivity contribution < 1.29 is 14.3 Å². The highest BCUT2D eigenvalue weighted by Crippen LogP contribution is 2.32. The first-order valence-corrected chi connectivity index (χ1v) is 10.9. The Morgan fingerprint density at radius 1 is 1.25 bits per heavy atom. The summed E-state index contributed by atoms with van der Waals surface area (Å²) in [5, 5.41) is 3.77. The lowest BCUT2D eigenvalue weighted by molar-refractivity contribution is -0.135. The molecule has 1 aliphatic heterocycles. The van der Waals surface area contributed by atoms with E-state index in [0.717, 1.165) is 41.0 Å². The van der Waals surface area contributed by atoms with E-state index in [2.05, 4.69) is 34.3 Å². The highest BCUT2D eigenvalue weighted by Gasteiger charge is 2.37. The maximum Gasteiger partial charge on any atom is 0.407 e. The lowest BCUT2D eigenvalue weighted by Crippen LogP contribution is -2.51. The van der Waals surface area contributed by atoms with Gasteiger partial charge in [0.25, 0.3) is 0 Å². The number of amides is 2. The summed E-state index contributed by atoms with van der Waals surface area (Å²) in [6.07, 6.45) is 2.85. The zero-order valence-corrected chi connectivity index (χ0v) is 18.9. The average molecular weight is 436 g/mol. The predicted molar refractivity (Wildman–Crippen MR) is 122 cm³/mol. The van der Waals surface area contributed by atoms with E-state index >= 15 is 0 Å². The quantitative estimate of drug-likeness (QED) is 0.631. The van der Waals surface area contributed by atoms with E-state index in [1.54, 1.807) is 11.1 Å². The topological polar surface area (TPSA) is 100 Å². The number of likely N-dealkylation sites (tertiary alicyclic amines) is 1. The van der Waals surface area contributed by atoms with Crippen molar-refractivity contribution >= 4 is 22.9 Å². The summed E-state index contributed by atoms with van der Waals surface area (Å²) >= 11 is 0. The van der Waals surface area contributed by atoms with Crippen LogP contribution in [0.3, 0.4) is 0 Å². The zero-order valence-electron chi connectivity index (χ0n) is 18.9. The Balaban J connectivity index is 1.57. The third-order valence-electron chi connectivity index (χ3n) is 5.96. The number of methoxy groups -OCH3 is 1. The van der Waals surface area contributed by atoms with Crippen molar-refractivity contribution in [2.75, 3.05) is 13.7 Å². The molecule has 3 heterocycles. The fourth-order valence-electron chi connectivity index (χ4n) is 4.22. The third-order valence-corrected chi connectivity index (χ3v) is 5.96. The number of aromatic amines is 1. The molecule has 2 aromatic heterocycles. The largest absolute Gasteiger partial charge is 0.453 e. The Hall–Kier alpha value is -3.42. The number of carbonyl (C=O) groups excluding carboxylic acids is 2. The molecule has 0 spiro atoms. The molecule has 168 valence electrons. The Morgan fingerprint density at radius 2 is 2.06 bits per heavy atom. The molecule has 1 saturated heterocycles. The number of ether oxygens (including phenoxy) is 1. The molecule has 4 rings (SSSR count). The molecule has 1 aliphatic rings. The van der Waals surface area contributed by atoms with Crippen LogP contribution in [-0.2, 0) is 9.53 Å². The minimum Gasteiger partial charge on any atom is -0.453 e. The predicted octanol–water partition coefficient (Wildman–Crippen LogP) is 3.98. The first-order chi connectivity index (χ1) is 15.4. The maximum absolute atomic E-state index is 13.3. The van der Waals surface area contributed by atoms with Gasteiger partial charge in [0.15, 0.2) is 0 Å². The molecule has 2 amide bonds. The number of aryl methyl sites for hydroxylation is 1. The Labute approximate surface area is 187 Å². The summed E-state index contributed by atoms with van der Waals surface area (Å²) in [5.41, 5.74) is 3.75. The molecule has 0 aliphatic carbocycles. The van der Waals surface area contributed by atoms with Crippen molar-refractivity contribution in [1.29, 1.82) is 0 Å². The van der Waals surface area contributed by atoms with Gasteiger partial charge in [0.05, 0.1) is 36.3 Å². The van der Waals surface area contributed by atoms with Crippen molar-refractivity contribution in [3.63, 3.8) is 0 Å². The van der Waals surface area contributed by atoms with Crippen LogP contribution in [0.15, 0.2) is 36.5 Å². The number of imidazole rings is 1.